The molecule has 0 aliphatic rings. The fourth-order valence-electron chi connectivity index (χ4n) is 1.82. The van der Waals surface area contributed by atoms with Gasteiger partial charge in [-0.1, -0.05) is 11.6 Å². The molecule has 0 bridgehead atoms. The molecule has 0 aliphatic heterocycles. The maximum Gasteiger partial charge on any atom is 0.262 e. The van der Waals surface area contributed by atoms with Gasteiger partial charge in [0, 0.05) is 11.1 Å². The molecule has 0 unspecified atom stereocenters. The molecular formula is C14H12ClF2NO2S. The lowest BCUT2D eigenvalue weighted by Crippen LogP contribution is -2.15. The van der Waals surface area contributed by atoms with Crippen LogP contribution in [0, 0.1) is 25.5 Å². The van der Waals surface area contributed by atoms with Crippen molar-refractivity contribution in [3.63, 3.8) is 0 Å². The van der Waals surface area contributed by atoms with E-state index in [1.807, 2.05) is 4.72 Å². The molecule has 112 valence electrons. The first-order valence-electron chi connectivity index (χ1n) is 5.95. The summed E-state index contributed by atoms with van der Waals surface area (Å²) in [6.07, 6.45) is 0. The molecule has 0 saturated heterocycles. The molecule has 0 aromatic heterocycles. The highest BCUT2D eigenvalue weighted by Crippen LogP contribution is 2.26. The summed E-state index contributed by atoms with van der Waals surface area (Å²) in [6.45, 7) is 3.23. The van der Waals surface area contributed by atoms with Gasteiger partial charge in [-0.25, -0.2) is 17.2 Å². The van der Waals surface area contributed by atoms with Crippen LogP contribution in [-0.2, 0) is 10.0 Å². The number of nitrogens with one attached hydrogen (secondary N) is 1. The van der Waals surface area contributed by atoms with Gasteiger partial charge >= 0.3 is 0 Å². The maximum atomic E-state index is 13.5. The summed E-state index contributed by atoms with van der Waals surface area (Å²) in [5.41, 5.74) is 0.541. The zero-order valence-electron chi connectivity index (χ0n) is 11.2. The third-order valence-electron chi connectivity index (χ3n) is 2.92. The molecule has 7 heteroatoms. The Labute approximate surface area is 126 Å². The second-order valence-electron chi connectivity index (χ2n) is 4.60. The molecular weight excluding hydrogens is 320 g/mol. The van der Waals surface area contributed by atoms with Gasteiger partial charge in [0.05, 0.1) is 10.6 Å². The van der Waals surface area contributed by atoms with Gasteiger partial charge in [-0.3, -0.25) is 4.72 Å². The van der Waals surface area contributed by atoms with Crippen LogP contribution in [0.1, 0.15) is 11.1 Å². The predicted octanol–water partition coefficient (Wildman–Crippen LogP) is 4.04. The van der Waals surface area contributed by atoms with Crippen molar-refractivity contribution in [3.8, 4) is 0 Å². The molecule has 0 saturated carbocycles. The summed E-state index contributed by atoms with van der Waals surface area (Å²) >= 11 is 5.92. The van der Waals surface area contributed by atoms with Crippen LogP contribution >= 0.6 is 11.6 Å². The van der Waals surface area contributed by atoms with Crippen LogP contribution in [0.25, 0.3) is 0 Å². The summed E-state index contributed by atoms with van der Waals surface area (Å²) < 4.78 is 53.3. The van der Waals surface area contributed by atoms with E-state index in [2.05, 4.69) is 0 Å². The second kappa shape index (κ2) is 5.61. The van der Waals surface area contributed by atoms with Crippen LogP contribution in [0.15, 0.2) is 35.2 Å². The number of hydrogen-bond acceptors (Lipinski definition) is 2. The van der Waals surface area contributed by atoms with E-state index in [0.717, 1.165) is 18.2 Å². The van der Waals surface area contributed by atoms with Crippen LogP contribution in [0.2, 0.25) is 5.02 Å². The van der Waals surface area contributed by atoms with Crippen molar-refractivity contribution in [2.45, 2.75) is 18.7 Å². The average molecular weight is 332 g/mol. The zero-order valence-corrected chi connectivity index (χ0v) is 12.8. The van der Waals surface area contributed by atoms with Crippen molar-refractivity contribution < 1.29 is 17.2 Å². The Bertz CT molecular complexity index is 807. The Balaban J connectivity index is 2.48. The van der Waals surface area contributed by atoms with Crippen LogP contribution < -0.4 is 4.72 Å². The van der Waals surface area contributed by atoms with Gasteiger partial charge in [0.25, 0.3) is 10.0 Å². The van der Waals surface area contributed by atoms with Crippen molar-refractivity contribution in [2.75, 3.05) is 4.72 Å². The second-order valence-corrected chi connectivity index (χ2v) is 6.65. The fourth-order valence-corrected chi connectivity index (χ4v) is 3.41. The SMILES string of the molecule is Cc1cc(S(=O)(=O)Nc2cc(F)ccc2F)c(C)cc1Cl. The number of aryl methyl sites for hydroxylation is 2. The molecule has 0 fully saturated rings. The molecule has 0 aliphatic carbocycles. The molecule has 0 radical (unpaired) electrons. The normalized spacial score (nSPS) is 11.5. The van der Waals surface area contributed by atoms with Crippen LogP contribution in [-0.4, -0.2) is 8.42 Å². The van der Waals surface area contributed by atoms with Crippen molar-refractivity contribution in [1.82, 2.24) is 0 Å². The predicted molar refractivity (Wildman–Crippen MR) is 78.1 cm³/mol. The standard InChI is InChI=1S/C14H12ClF2NO2S/c1-8-6-14(9(2)5-11(8)15)21(19,20)18-13-7-10(16)3-4-12(13)17/h3-7,18H,1-2H3. The van der Waals surface area contributed by atoms with Crippen molar-refractivity contribution >= 4 is 27.3 Å². The van der Waals surface area contributed by atoms with E-state index in [9.17, 15) is 17.2 Å². The van der Waals surface area contributed by atoms with E-state index in [-0.39, 0.29) is 4.90 Å². The van der Waals surface area contributed by atoms with Gasteiger partial charge in [-0.05, 0) is 49.2 Å². The summed E-state index contributed by atoms with van der Waals surface area (Å²) in [5, 5.41) is 0.434. The zero-order chi connectivity index (χ0) is 15.8. The van der Waals surface area contributed by atoms with Gasteiger partial charge in [0.2, 0.25) is 0 Å². The minimum Gasteiger partial charge on any atom is -0.277 e. The average Bonchev–Trinajstić information content (AvgIpc) is 2.37. The first kappa shape index (κ1) is 15.7. The smallest absolute Gasteiger partial charge is 0.262 e. The Hall–Kier alpha value is -1.66. The number of halogens is 3. The van der Waals surface area contributed by atoms with Crippen molar-refractivity contribution in [1.29, 1.82) is 0 Å². The number of sulfonamides is 1. The Morgan fingerprint density at radius 1 is 1.05 bits per heavy atom. The largest absolute Gasteiger partial charge is 0.277 e. The Kier molecular flexibility index (Phi) is 4.20. The minimum absolute atomic E-state index is 0.0342. The molecule has 2 rings (SSSR count). The lowest BCUT2D eigenvalue weighted by Gasteiger charge is -2.12. The van der Waals surface area contributed by atoms with E-state index in [1.54, 1.807) is 13.8 Å². The number of rotatable bonds is 3. The van der Waals surface area contributed by atoms with E-state index in [4.69, 9.17) is 11.6 Å². The molecule has 0 atom stereocenters. The number of hydrogen-bond donors (Lipinski definition) is 1. The van der Waals surface area contributed by atoms with Crippen LogP contribution in [0.4, 0.5) is 14.5 Å². The highest BCUT2D eigenvalue weighted by atomic mass is 35.5. The van der Waals surface area contributed by atoms with E-state index in [0.29, 0.717) is 16.1 Å². The van der Waals surface area contributed by atoms with Crippen LogP contribution in [0.3, 0.4) is 0 Å². The molecule has 3 nitrogen and oxygen atoms in total. The first-order chi connectivity index (χ1) is 9.70. The summed E-state index contributed by atoms with van der Waals surface area (Å²) in [5.74, 6) is -1.60. The van der Waals surface area contributed by atoms with Gasteiger partial charge < -0.3 is 0 Å². The minimum atomic E-state index is -4.04. The highest BCUT2D eigenvalue weighted by molar-refractivity contribution is 7.92. The lowest BCUT2D eigenvalue weighted by atomic mass is 10.2. The van der Waals surface area contributed by atoms with Gasteiger partial charge in [-0.2, -0.15) is 0 Å². The van der Waals surface area contributed by atoms with Crippen molar-refractivity contribution in [2.24, 2.45) is 0 Å². The van der Waals surface area contributed by atoms with Gasteiger partial charge in [0.1, 0.15) is 11.6 Å². The molecule has 2 aromatic carbocycles. The third kappa shape index (κ3) is 3.33. The highest BCUT2D eigenvalue weighted by Gasteiger charge is 2.20. The Morgan fingerprint density at radius 3 is 2.38 bits per heavy atom. The quantitative estimate of drug-likeness (QED) is 0.922. The summed E-state index contributed by atoms with van der Waals surface area (Å²) in [4.78, 5) is -0.0342. The first-order valence-corrected chi connectivity index (χ1v) is 7.81. The molecule has 0 heterocycles. The maximum absolute atomic E-state index is 13.5. The van der Waals surface area contributed by atoms with E-state index >= 15 is 0 Å². The van der Waals surface area contributed by atoms with Crippen molar-refractivity contribution in [3.05, 3.63) is 58.1 Å². The van der Waals surface area contributed by atoms with E-state index < -0.39 is 27.3 Å². The molecule has 21 heavy (non-hydrogen) atoms. The Morgan fingerprint density at radius 2 is 1.71 bits per heavy atom. The summed E-state index contributed by atoms with van der Waals surface area (Å²) in [6, 6.07) is 5.44. The molecule has 0 spiro atoms. The summed E-state index contributed by atoms with van der Waals surface area (Å²) in [7, 11) is -4.04. The third-order valence-corrected chi connectivity index (χ3v) is 4.83. The molecule has 0 amide bonds. The van der Waals surface area contributed by atoms with Gasteiger partial charge in [-0.15, -0.1) is 0 Å². The lowest BCUT2D eigenvalue weighted by molar-refractivity contribution is 0.594. The van der Waals surface area contributed by atoms with Gasteiger partial charge in [0.15, 0.2) is 0 Å². The van der Waals surface area contributed by atoms with E-state index in [1.165, 1.54) is 12.1 Å². The number of benzene rings is 2. The molecule has 1 N–H and O–H groups in total. The van der Waals surface area contributed by atoms with Crippen LogP contribution in [0.5, 0.6) is 0 Å². The topological polar surface area (TPSA) is 46.2 Å². The number of anilines is 1. The fraction of sp³-hybridized carbons (Fsp3) is 0.143. The monoisotopic (exact) mass is 331 g/mol. The molecule has 2 aromatic rings.